The van der Waals surface area contributed by atoms with Crippen molar-refractivity contribution in [2.75, 3.05) is 4.90 Å². The molecule has 0 saturated heterocycles. The third-order valence-corrected chi connectivity index (χ3v) is 3.46. The largest absolute Gasteiger partial charge is 0.277 e. The summed E-state index contributed by atoms with van der Waals surface area (Å²) in [6.07, 6.45) is 7.78. The molecule has 16 heavy (non-hydrogen) atoms. The van der Waals surface area contributed by atoms with Crippen LogP contribution in [0.25, 0.3) is 0 Å². The van der Waals surface area contributed by atoms with Crippen molar-refractivity contribution in [3.63, 3.8) is 0 Å². The maximum atomic E-state index is 12.1. The molecule has 2 saturated carbocycles. The molecule has 84 valence electrons. The van der Waals surface area contributed by atoms with Crippen LogP contribution in [0.2, 0.25) is 0 Å². The molecule has 1 aromatic rings. The Morgan fingerprint density at radius 2 is 1.88 bits per heavy atom. The third-order valence-electron chi connectivity index (χ3n) is 2.90. The number of nitrogens with zero attached hydrogens (tertiary/aromatic N) is 3. The Kier molecular flexibility index (Phi) is 2.57. The van der Waals surface area contributed by atoms with E-state index in [1.807, 2.05) is 4.90 Å². The van der Waals surface area contributed by atoms with Crippen LogP contribution < -0.4 is 4.90 Å². The van der Waals surface area contributed by atoms with Gasteiger partial charge in [0.25, 0.3) is 0 Å². The van der Waals surface area contributed by atoms with Crippen LogP contribution in [0, 0.1) is 9.49 Å². The normalized spacial score (nSPS) is 19.6. The molecular formula is C11H12IN3O. The standard InChI is InChI=1S/C11H12IN3O/c12-8-5-13-11(14-6-8)15(9-3-4-9)10(16)7-1-2-7/h5-7,9H,1-4H2. The molecule has 0 atom stereocenters. The molecule has 0 aromatic carbocycles. The topological polar surface area (TPSA) is 46.1 Å². The van der Waals surface area contributed by atoms with Crippen molar-refractivity contribution in [1.29, 1.82) is 0 Å². The van der Waals surface area contributed by atoms with Gasteiger partial charge in [-0.05, 0) is 48.3 Å². The first kappa shape index (κ1) is 10.4. The van der Waals surface area contributed by atoms with Crippen LogP contribution >= 0.6 is 22.6 Å². The molecule has 2 aliphatic rings. The Labute approximate surface area is 108 Å². The molecule has 0 aliphatic heterocycles. The molecule has 0 radical (unpaired) electrons. The summed E-state index contributed by atoms with van der Waals surface area (Å²) in [7, 11) is 0. The maximum absolute atomic E-state index is 12.1. The average Bonchev–Trinajstić information content (AvgIpc) is 3.15. The second kappa shape index (κ2) is 3.94. The first-order chi connectivity index (χ1) is 7.75. The molecule has 2 aliphatic carbocycles. The quantitative estimate of drug-likeness (QED) is 0.797. The predicted octanol–water partition coefficient (Wildman–Crippen LogP) is 1.99. The third kappa shape index (κ3) is 2.05. The summed E-state index contributed by atoms with van der Waals surface area (Å²) in [5.74, 6) is 1.05. The van der Waals surface area contributed by atoms with Crippen molar-refractivity contribution in [2.45, 2.75) is 31.7 Å². The number of anilines is 1. The lowest BCUT2D eigenvalue weighted by Crippen LogP contribution is -2.35. The minimum absolute atomic E-state index is 0.226. The van der Waals surface area contributed by atoms with Crippen molar-refractivity contribution in [1.82, 2.24) is 9.97 Å². The van der Waals surface area contributed by atoms with E-state index in [1.54, 1.807) is 12.4 Å². The molecule has 0 N–H and O–H groups in total. The second-order valence-corrected chi connectivity index (χ2v) is 5.66. The maximum Gasteiger partial charge on any atom is 0.232 e. The fourth-order valence-electron chi connectivity index (χ4n) is 1.73. The summed E-state index contributed by atoms with van der Waals surface area (Å²) in [6, 6.07) is 0.355. The van der Waals surface area contributed by atoms with E-state index in [9.17, 15) is 4.79 Å². The lowest BCUT2D eigenvalue weighted by atomic mass is 10.3. The van der Waals surface area contributed by atoms with Gasteiger partial charge in [0.1, 0.15) is 0 Å². The summed E-state index contributed by atoms with van der Waals surface area (Å²) >= 11 is 2.17. The fraction of sp³-hybridized carbons (Fsp3) is 0.545. The molecule has 1 aromatic heterocycles. The van der Waals surface area contributed by atoms with Gasteiger partial charge in [-0.2, -0.15) is 0 Å². The highest BCUT2D eigenvalue weighted by atomic mass is 127. The predicted molar refractivity (Wildman–Crippen MR) is 68.0 cm³/mol. The van der Waals surface area contributed by atoms with Crippen LogP contribution in [0.5, 0.6) is 0 Å². The van der Waals surface area contributed by atoms with Gasteiger partial charge < -0.3 is 0 Å². The zero-order chi connectivity index (χ0) is 11.1. The van der Waals surface area contributed by atoms with Crippen LogP contribution in [-0.2, 0) is 4.79 Å². The van der Waals surface area contributed by atoms with Crippen LogP contribution in [0.3, 0.4) is 0 Å². The number of hydrogen-bond donors (Lipinski definition) is 0. The SMILES string of the molecule is O=C(C1CC1)N(c1ncc(I)cn1)C1CC1. The summed E-state index contributed by atoms with van der Waals surface area (Å²) in [5.41, 5.74) is 0. The first-order valence-corrected chi connectivity index (χ1v) is 6.64. The Morgan fingerprint density at radius 3 is 2.38 bits per heavy atom. The molecule has 2 fully saturated rings. The van der Waals surface area contributed by atoms with Gasteiger partial charge in [-0.3, -0.25) is 9.69 Å². The van der Waals surface area contributed by atoms with Gasteiger partial charge in [-0.15, -0.1) is 0 Å². The summed E-state index contributed by atoms with van der Waals surface area (Å²) in [5, 5.41) is 0. The fourth-order valence-corrected chi connectivity index (χ4v) is 2.01. The highest BCUT2D eigenvalue weighted by molar-refractivity contribution is 14.1. The van der Waals surface area contributed by atoms with Crippen molar-refractivity contribution in [2.24, 2.45) is 5.92 Å². The van der Waals surface area contributed by atoms with Gasteiger partial charge in [0.15, 0.2) is 0 Å². The molecular weight excluding hydrogens is 317 g/mol. The van der Waals surface area contributed by atoms with Crippen LogP contribution in [0.4, 0.5) is 5.95 Å². The second-order valence-electron chi connectivity index (χ2n) is 4.41. The minimum Gasteiger partial charge on any atom is -0.277 e. The monoisotopic (exact) mass is 329 g/mol. The van der Waals surface area contributed by atoms with E-state index in [4.69, 9.17) is 0 Å². The summed E-state index contributed by atoms with van der Waals surface area (Å²) in [4.78, 5) is 22.4. The van der Waals surface area contributed by atoms with Gasteiger partial charge in [0.05, 0.1) is 0 Å². The van der Waals surface area contributed by atoms with E-state index in [1.165, 1.54) is 0 Å². The number of aromatic nitrogens is 2. The minimum atomic E-state index is 0.226. The van der Waals surface area contributed by atoms with Crippen LogP contribution in [0.15, 0.2) is 12.4 Å². The van der Waals surface area contributed by atoms with E-state index in [2.05, 4.69) is 32.6 Å². The van der Waals surface area contributed by atoms with Gasteiger partial charge in [0, 0.05) is 27.9 Å². The smallest absolute Gasteiger partial charge is 0.232 e. The zero-order valence-electron chi connectivity index (χ0n) is 8.77. The number of rotatable bonds is 3. The number of carbonyl (C=O) groups excluding carboxylic acids is 1. The molecule has 0 spiro atoms. The lowest BCUT2D eigenvalue weighted by Gasteiger charge is -2.19. The number of halogens is 1. The van der Waals surface area contributed by atoms with E-state index in [0.717, 1.165) is 29.3 Å². The first-order valence-electron chi connectivity index (χ1n) is 5.56. The van der Waals surface area contributed by atoms with Gasteiger partial charge in [-0.25, -0.2) is 9.97 Å². The average molecular weight is 329 g/mol. The van der Waals surface area contributed by atoms with E-state index < -0.39 is 0 Å². The number of amides is 1. The van der Waals surface area contributed by atoms with Crippen molar-refractivity contribution >= 4 is 34.4 Å². The Balaban J connectivity index is 1.86. The summed E-state index contributed by atoms with van der Waals surface area (Å²) < 4.78 is 0.996. The Bertz CT molecular complexity index is 412. The molecule has 5 heteroatoms. The van der Waals surface area contributed by atoms with Crippen molar-refractivity contribution < 1.29 is 4.79 Å². The molecule has 1 amide bonds. The van der Waals surface area contributed by atoms with Gasteiger partial charge in [0.2, 0.25) is 11.9 Å². The van der Waals surface area contributed by atoms with Crippen LogP contribution in [-0.4, -0.2) is 21.9 Å². The molecule has 4 nitrogen and oxygen atoms in total. The van der Waals surface area contributed by atoms with Crippen LogP contribution in [0.1, 0.15) is 25.7 Å². The van der Waals surface area contributed by atoms with Gasteiger partial charge >= 0.3 is 0 Å². The van der Waals surface area contributed by atoms with Crippen molar-refractivity contribution in [3.8, 4) is 0 Å². The van der Waals surface area contributed by atoms with E-state index in [-0.39, 0.29) is 11.8 Å². The number of hydrogen-bond acceptors (Lipinski definition) is 3. The molecule has 0 unspecified atom stereocenters. The van der Waals surface area contributed by atoms with E-state index in [0.29, 0.717) is 12.0 Å². The highest BCUT2D eigenvalue weighted by Crippen LogP contribution is 2.37. The van der Waals surface area contributed by atoms with Gasteiger partial charge in [-0.1, -0.05) is 0 Å². The molecule has 1 heterocycles. The molecule has 0 bridgehead atoms. The highest BCUT2D eigenvalue weighted by Gasteiger charge is 2.41. The number of carbonyl (C=O) groups is 1. The summed E-state index contributed by atoms with van der Waals surface area (Å²) in [6.45, 7) is 0. The van der Waals surface area contributed by atoms with Crippen molar-refractivity contribution in [3.05, 3.63) is 16.0 Å². The lowest BCUT2D eigenvalue weighted by molar-refractivity contribution is -0.120. The Morgan fingerprint density at radius 1 is 1.25 bits per heavy atom. The van der Waals surface area contributed by atoms with E-state index >= 15 is 0 Å². The Hall–Kier alpha value is -0.720. The zero-order valence-corrected chi connectivity index (χ0v) is 10.9. The molecule has 3 rings (SSSR count).